The molecule has 0 bridgehead atoms. The Balaban J connectivity index is 2.28. The lowest BCUT2D eigenvalue weighted by Gasteiger charge is -2.05. The van der Waals surface area contributed by atoms with Crippen molar-refractivity contribution in [3.63, 3.8) is 0 Å². The fourth-order valence-electron chi connectivity index (χ4n) is 2.03. The summed E-state index contributed by atoms with van der Waals surface area (Å²) in [6, 6.07) is 4.51. The first-order valence-corrected chi connectivity index (χ1v) is 9.00. The zero-order valence-corrected chi connectivity index (χ0v) is 13.7. The van der Waals surface area contributed by atoms with Crippen LogP contribution in [0.5, 0.6) is 11.5 Å². The molecule has 0 fully saturated rings. The van der Waals surface area contributed by atoms with Crippen molar-refractivity contribution in [2.24, 2.45) is 0 Å². The van der Waals surface area contributed by atoms with Gasteiger partial charge in [0.05, 0.1) is 16.7 Å². The summed E-state index contributed by atoms with van der Waals surface area (Å²) in [7, 11) is -3.97. The Morgan fingerprint density at radius 1 is 1.33 bits per heavy atom. The molecule has 0 aliphatic rings. The molecule has 0 spiro atoms. The van der Waals surface area contributed by atoms with Crippen LogP contribution in [0.4, 0.5) is 5.69 Å². The molecule has 0 aliphatic carbocycles. The summed E-state index contributed by atoms with van der Waals surface area (Å²) < 4.78 is 27.3. The highest BCUT2D eigenvalue weighted by molar-refractivity contribution is 7.86. The van der Waals surface area contributed by atoms with Crippen LogP contribution in [0.25, 0.3) is 20.8 Å². The van der Waals surface area contributed by atoms with Gasteiger partial charge < -0.3 is 9.29 Å². The summed E-state index contributed by atoms with van der Waals surface area (Å²) in [5.74, 6) is -1.40. The molecule has 2 heterocycles. The number of nitro benzene ring substituents is 1. The standard InChI is InChI=1S/C13H9N3O6S2/c1-24(20,21)22-9-6-8-12(10(11(9)17)16(18)19)23-13(15-8)7-2-4-14-5-3-7/h2-6,17H,1H3. The first kappa shape index (κ1) is 16.1. The van der Waals surface area contributed by atoms with Crippen LogP contribution in [0.2, 0.25) is 0 Å². The lowest BCUT2D eigenvalue weighted by molar-refractivity contribution is -0.383. The number of phenols is 1. The Morgan fingerprint density at radius 2 is 2.00 bits per heavy atom. The molecule has 3 rings (SSSR count). The Bertz CT molecular complexity index is 1050. The van der Waals surface area contributed by atoms with Gasteiger partial charge in [-0.3, -0.25) is 15.1 Å². The third-order valence-corrected chi connectivity index (χ3v) is 4.55. The number of nitrogens with zero attached hydrogens (tertiary/aromatic N) is 3. The molecule has 0 atom stereocenters. The fourth-order valence-corrected chi connectivity index (χ4v) is 3.55. The van der Waals surface area contributed by atoms with Crippen molar-refractivity contribution in [1.82, 2.24) is 9.97 Å². The summed E-state index contributed by atoms with van der Waals surface area (Å²) in [6.45, 7) is 0. The predicted octanol–water partition coefficient (Wildman–Crippen LogP) is 2.31. The zero-order chi connectivity index (χ0) is 17.5. The molecule has 2 aromatic heterocycles. The van der Waals surface area contributed by atoms with Crippen LogP contribution < -0.4 is 4.18 Å². The Kier molecular flexibility index (Phi) is 3.81. The lowest BCUT2D eigenvalue weighted by atomic mass is 10.2. The van der Waals surface area contributed by atoms with Crippen molar-refractivity contribution in [3.05, 3.63) is 40.7 Å². The van der Waals surface area contributed by atoms with Gasteiger partial charge in [-0.25, -0.2) is 4.98 Å². The molecular formula is C13H9N3O6S2. The van der Waals surface area contributed by atoms with E-state index in [9.17, 15) is 23.6 Å². The largest absolute Gasteiger partial charge is 0.499 e. The van der Waals surface area contributed by atoms with E-state index < -0.39 is 32.2 Å². The summed E-state index contributed by atoms with van der Waals surface area (Å²) >= 11 is 1.00. The van der Waals surface area contributed by atoms with E-state index in [4.69, 9.17) is 0 Å². The first-order chi connectivity index (χ1) is 11.3. The number of aromatic hydroxyl groups is 1. The Hall–Kier alpha value is -2.79. The highest BCUT2D eigenvalue weighted by Gasteiger charge is 2.28. The van der Waals surface area contributed by atoms with Crippen molar-refractivity contribution in [1.29, 1.82) is 0 Å². The van der Waals surface area contributed by atoms with Gasteiger partial charge in [0.1, 0.15) is 9.71 Å². The predicted molar refractivity (Wildman–Crippen MR) is 86.6 cm³/mol. The third-order valence-electron chi connectivity index (χ3n) is 2.94. The minimum atomic E-state index is -3.97. The van der Waals surface area contributed by atoms with E-state index in [0.717, 1.165) is 23.7 Å². The number of rotatable bonds is 4. The number of nitro groups is 1. The second kappa shape index (κ2) is 5.69. The average molecular weight is 367 g/mol. The van der Waals surface area contributed by atoms with Gasteiger partial charge >= 0.3 is 15.8 Å². The summed E-state index contributed by atoms with van der Waals surface area (Å²) in [4.78, 5) is 18.6. The maximum Gasteiger partial charge on any atom is 0.334 e. The molecule has 24 heavy (non-hydrogen) atoms. The quantitative estimate of drug-likeness (QED) is 0.422. The molecule has 0 radical (unpaired) electrons. The van der Waals surface area contributed by atoms with E-state index in [1.54, 1.807) is 24.5 Å². The molecule has 0 amide bonds. The maximum absolute atomic E-state index is 11.3. The number of thiazole rings is 1. The van der Waals surface area contributed by atoms with E-state index >= 15 is 0 Å². The van der Waals surface area contributed by atoms with Crippen LogP contribution in [0.1, 0.15) is 0 Å². The second-order valence-electron chi connectivity index (χ2n) is 4.72. The van der Waals surface area contributed by atoms with Crippen LogP contribution in [0.3, 0.4) is 0 Å². The van der Waals surface area contributed by atoms with Crippen LogP contribution in [-0.2, 0) is 10.1 Å². The first-order valence-electron chi connectivity index (χ1n) is 6.37. The highest BCUT2D eigenvalue weighted by atomic mass is 32.2. The van der Waals surface area contributed by atoms with Crippen molar-refractivity contribution in [2.75, 3.05) is 6.26 Å². The zero-order valence-electron chi connectivity index (χ0n) is 12.0. The fraction of sp³-hybridized carbons (Fsp3) is 0.0769. The summed E-state index contributed by atoms with van der Waals surface area (Å²) in [5, 5.41) is 21.8. The van der Waals surface area contributed by atoms with E-state index in [0.29, 0.717) is 10.6 Å². The molecule has 0 saturated heterocycles. The lowest BCUT2D eigenvalue weighted by Crippen LogP contribution is -2.06. The van der Waals surface area contributed by atoms with Gasteiger partial charge in [-0.2, -0.15) is 8.42 Å². The van der Waals surface area contributed by atoms with Crippen LogP contribution in [-0.4, -0.2) is 34.7 Å². The molecule has 124 valence electrons. The number of fused-ring (bicyclic) bond motifs is 1. The Morgan fingerprint density at radius 3 is 2.58 bits per heavy atom. The van der Waals surface area contributed by atoms with Crippen molar-refractivity contribution >= 4 is 37.4 Å². The van der Waals surface area contributed by atoms with Gasteiger partial charge in [0, 0.05) is 24.0 Å². The molecule has 11 heteroatoms. The van der Waals surface area contributed by atoms with E-state index in [-0.39, 0.29) is 10.2 Å². The van der Waals surface area contributed by atoms with Gasteiger partial charge in [-0.1, -0.05) is 0 Å². The third kappa shape index (κ3) is 2.98. The van der Waals surface area contributed by atoms with Crippen molar-refractivity contribution in [3.8, 4) is 22.1 Å². The molecule has 0 unspecified atom stereocenters. The van der Waals surface area contributed by atoms with Gasteiger partial charge in [-0.15, -0.1) is 11.3 Å². The molecule has 0 saturated carbocycles. The smallest absolute Gasteiger partial charge is 0.334 e. The number of phenolic OH excluding ortho intramolecular Hbond substituents is 1. The number of hydrogen-bond acceptors (Lipinski definition) is 9. The highest BCUT2D eigenvalue weighted by Crippen LogP contribution is 2.46. The van der Waals surface area contributed by atoms with E-state index in [2.05, 4.69) is 14.2 Å². The van der Waals surface area contributed by atoms with Gasteiger partial charge in [0.2, 0.25) is 5.75 Å². The number of benzene rings is 1. The van der Waals surface area contributed by atoms with Crippen LogP contribution in [0, 0.1) is 10.1 Å². The molecule has 0 aliphatic heterocycles. The summed E-state index contributed by atoms with van der Waals surface area (Å²) in [6.07, 6.45) is 3.86. The average Bonchev–Trinajstić information content (AvgIpc) is 2.90. The molecule has 1 N–H and O–H groups in total. The molecular weight excluding hydrogens is 358 g/mol. The van der Waals surface area contributed by atoms with E-state index in [1.165, 1.54) is 0 Å². The minimum absolute atomic E-state index is 0.116. The topological polar surface area (TPSA) is 133 Å². The SMILES string of the molecule is CS(=O)(=O)Oc1cc2nc(-c3ccncc3)sc2c([N+](=O)[O-])c1O. The van der Waals surface area contributed by atoms with Gasteiger partial charge in [0.15, 0.2) is 5.75 Å². The number of pyridine rings is 1. The summed E-state index contributed by atoms with van der Waals surface area (Å²) in [5.41, 5.74) is 0.185. The molecule has 9 nitrogen and oxygen atoms in total. The van der Waals surface area contributed by atoms with Gasteiger partial charge in [-0.05, 0) is 12.1 Å². The van der Waals surface area contributed by atoms with E-state index in [1.807, 2.05) is 0 Å². The van der Waals surface area contributed by atoms with Gasteiger partial charge in [0.25, 0.3) is 0 Å². The number of aromatic nitrogens is 2. The van der Waals surface area contributed by atoms with Crippen LogP contribution >= 0.6 is 11.3 Å². The minimum Gasteiger partial charge on any atom is -0.499 e. The monoisotopic (exact) mass is 367 g/mol. The second-order valence-corrected chi connectivity index (χ2v) is 7.29. The van der Waals surface area contributed by atoms with Crippen molar-refractivity contribution in [2.45, 2.75) is 0 Å². The number of hydrogen-bond donors (Lipinski definition) is 1. The Labute approximate surface area is 139 Å². The molecule has 3 aromatic rings. The molecule has 1 aromatic carbocycles. The van der Waals surface area contributed by atoms with Crippen molar-refractivity contribution < 1.29 is 22.6 Å². The maximum atomic E-state index is 11.3. The normalized spacial score (nSPS) is 11.5. The van der Waals surface area contributed by atoms with Crippen LogP contribution in [0.15, 0.2) is 30.6 Å².